The molecule has 1 amide bonds. The highest BCUT2D eigenvalue weighted by molar-refractivity contribution is 5.72. The zero-order chi connectivity index (χ0) is 14.0. The van der Waals surface area contributed by atoms with Gasteiger partial charge in [-0.2, -0.15) is 0 Å². The van der Waals surface area contributed by atoms with E-state index in [9.17, 15) is 9.90 Å². The van der Waals surface area contributed by atoms with Gasteiger partial charge in [0.1, 0.15) is 6.61 Å². The molecular weight excluding hydrogens is 230 g/mol. The van der Waals surface area contributed by atoms with Crippen molar-refractivity contribution in [1.29, 1.82) is 0 Å². The van der Waals surface area contributed by atoms with E-state index in [-0.39, 0.29) is 19.1 Å². The molecule has 0 aromatic heterocycles. The summed E-state index contributed by atoms with van der Waals surface area (Å²) in [5, 5.41) is 10.7. The Hall–Kier alpha value is -1.93. The van der Waals surface area contributed by atoms with Gasteiger partial charge in [-0.3, -0.25) is 9.63 Å². The highest BCUT2D eigenvalue weighted by Crippen LogP contribution is 2.05. The maximum absolute atomic E-state index is 11.2. The van der Waals surface area contributed by atoms with Gasteiger partial charge in [-0.1, -0.05) is 11.8 Å². The van der Waals surface area contributed by atoms with Crippen molar-refractivity contribution in [2.24, 2.45) is 0 Å². The van der Waals surface area contributed by atoms with E-state index in [0.29, 0.717) is 0 Å². The van der Waals surface area contributed by atoms with Crippen molar-refractivity contribution < 1.29 is 14.7 Å². The van der Waals surface area contributed by atoms with Crippen LogP contribution >= 0.6 is 0 Å². The van der Waals surface area contributed by atoms with Crippen LogP contribution in [0.4, 0.5) is 0 Å². The van der Waals surface area contributed by atoms with Crippen LogP contribution in [0.2, 0.25) is 0 Å². The molecule has 0 aliphatic heterocycles. The summed E-state index contributed by atoms with van der Waals surface area (Å²) in [5.74, 6) is 15.1. The summed E-state index contributed by atoms with van der Waals surface area (Å²) in [7, 11) is 0. The largest absolute Gasteiger partial charge is 0.389 e. The van der Waals surface area contributed by atoms with Crippen LogP contribution in [0.3, 0.4) is 0 Å². The Bertz CT molecular complexity index is 455. The zero-order valence-corrected chi connectivity index (χ0v) is 11.1. The van der Waals surface area contributed by atoms with Crippen LogP contribution in [-0.4, -0.2) is 34.8 Å². The Morgan fingerprint density at radius 2 is 1.89 bits per heavy atom. The SMILES string of the molecule is CC#CC#CC#CCON(CC(C)(C)O)C(C)=O. The van der Waals surface area contributed by atoms with Crippen molar-refractivity contribution in [1.82, 2.24) is 5.06 Å². The lowest BCUT2D eigenvalue weighted by Gasteiger charge is -2.26. The average Bonchev–Trinajstić information content (AvgIpc) is 2.24. The number of hydroxylamine groups is 2. The van der Waals surface area contributed by atoms with E-state index in [1.807, 2.05) is 0 Å². The van der Waals surface area contributed by atoms with Gasteiger partial charge in [-0.05, 0) is 44.5 Å². The van der Waals surface area contributed by atoms with E-state index in [0.717, 1.165) is 5.06 Å². The van der Waals surface area contributed by atoms with Gasteiger partial charge in [0.05, 0.1) is 12.1 Å². The number of amides is 1. The number of hydrogen-bond donors (Lipinski definition) is 1. The normalized spacial score (nSPS) is 8.94. The first-order valence-electron chi connectivity index (χ1n) is 5.40. The molecule has 18 heavy (non-hydrogen) atoms. The van der Waals surface area contributed by atoms with Gasteiger partial charge in [-0.25, -0.2) is 5.06 Å². The predicted octanol–water partition coefficient (Wildman–Crippen LogP) is 0.568. The Morgan fingerprint density at radius 1 is 1.28 bits per heavy atom. The molecule has 0 heterocycles. The van der Waals surface area contributed by atoms with Crippen LogP contribution in [0.15, 0.2) is 0 Å². The molecule has 0 fully saturated rings. The minimum atomic E-state index is -1.02. The summed E-state index contributed by atoms with van der Waals surface area (Å²) in [5.41, 5.74) is -1.02. The Morgan fingerprint density at radius 3 is 2.39 bits per heavy atom. The van der Waals surface area contributed by atoms with Crippen LogP contribution in [0.5, 0.6) is 0 Å². The third-order valence-electron chi connectivity index (χ3n) is 1.58. The molecule has 0 rings (SSSR count). The lowest BCUT2D eigenvalue weighted by molar-refractivity contribution is -0.191. The number of nitrogens with zero attached hydrogens (tertiary/aromatic N) is 1. The second kappa shape index (κ2) is 8.20. The van der Waals surface area contributed by atoms with Gasteiger partial charge in [0.15, 0.2) is 0 Å². The molecule has 0 bridgehead atoms. The lowest BCUT2D eigenvalue weighted by Crippen LogP contribution is -2.41. The van der Waals surface area contributed by atoms with Crippen molar-refractivity contribution >= 4 is 5.91 Å². The van der Waals surface area contributed by atoms with Crippen molar-refractivity contribution in [2.75, 3.05) is 13.2 Å². The third-order valence-corrected chi connectivity index (χ3v) is 1.58. The molecule has 0 unspecified atom stereocenters. The second-order valence-corrected chi connectivity index (χ2v) is 4.07. The van der Waals surface area contributed by atoms with Crippen molar-refractivity contribution in [3.8, 4) is 35.5 Å². The van der Waals surface area contributed by atoms with Crippen LogP contribution in [0.25, 0.3) is 0 Å². The molecule has 1 N–H and O–H groups in total. The minimum absolute atomic E-state index is 0.0316. The maximum Gasteiger partial charge on any atom is 0.243 e. The highest BCUT2D eigenvalue weighted by atomic mass is 16.7. The van der Waals surface area contributed by atoms with Gasteiger partial charge in [0, 0.05) is 6.92 Å². The maximum atomic E-state index is 11.2. The van der Waals surface area contributed by atoms with E-state index < -0.39 is 5.60 Å². The van der Waals surface area contributed by atoms with E-state index in [1.54, 1.807) is 20.8 Å². The molecular formula is C14H17NO3. The summed E-state index contributed by atoms with van der Waals surface area (Å²) in [6.07, 6.45) is 0. The van der Waals surface area contributed by atoms with E-state index >= 15 is 0 Å². The van der Waals surface area contributed by atoms with Gasteiger partial charge < -0.3 is 5.11 Å². The van der Waals surface area contributed by atoms with Gasteiger partial charge >= 0.3 is 0 Å². The van der Waals surface area contributed by atoms with Crippen molar-refractivity contribution in [3.63, 3.8) is 0 Å². The van der Waals surface area contributed by atoms with Gasteiger partial charge in [-0.15, -0.1) is 0 Å². The van der Waals surface area contributed by atoms with Crippen LogP contribution in [0.1, 0.15) is 27.7 Å². The molecule has 0 saturated carbocycles. The van der Waals surface area contributed by atoms with Gasteiger partial charge in [0.2, 0.25) is 5.91 Å². The smallest absolute Gasteiger partial charge is 0.243 e. The first kappa shape index (κ1) is 16.1. The molecule has 0 aliphatic rings. The lowest BCUT2D eigenvalue weighted by atomic mass is 10.1. The van der Waals surface area contributed by atoms with Crippen molar-refractivity contribution in [2.45, 2.75) is 33.3 Å². The second-order valence-electron chi connectivity index (χ2n) is 4.07. The van der Waals surface area contributed by atoms with Gasteiger partial charge in [0.25, 0.3) is 0 Å². The van der Waals surface area contributed by atoms with Crippen LogP contribution in [0, 0.1) is 35.5 Å². The van der Waals surface area contributed by atoms with Crippen LogP contribution < -0.4 is 0 Å². The molecule has 4 nitrogen and oxygen atoms in total. The molecule has 0 radical (unpaired) electrons. The molecule has 4 heteroatoms. The summed E-state index contributed by atoms with van der Waals surface area (Å²) in [6, 6.07) is 0. The number of carbonyl (C=O) groups excluding carboxylic acids is 1. The fraction of sp³-hybridized carbons (Fsp3) is 0.500. The number of carbonyl (C=O) groups is 1. The first-order chi connectivity index (χ1) is 8.37. The molecule has 96 valence electrons. The number of aliphatic hydroxyl groups is 1. The minimum Gasteiger partial charge on any atom is -0.389 e. The molecule has 0 aromatic rings. The van der Waals surface area contributed by atoms with E-state index in [4.69, 9.17) is 4.84 Å². The predicted molar refractivity (Wildman–Crippen MR) is 68.6 cm³/mol. The van der Waals surface area contributed by atoms with E-state index in [1.165, 1.54) is 6.92 Å². The molecule has 0 aliphatic carbocycles. The molecule has 0 spiro atoms. The summed E-state index contributed by atoms with van der Waals surface area (Å²) in [4.78, 5) is 16.4. The van der Waals surface area contributed by atoms with Crippen molar-refractivity contribution in [3.05, 3.63) is 0 Å². The topological polar surface area (TPSA) is 49.8 Å². The fourth-order valence-electron chi connectivity index (χ4n) is 0.915. The number of rotatable bonds is 4. The summed E-state index contributed by atoms with van der Waals surface area (Å²) < 4.78 is 0. The summed E-state index contributed by atoms with van der Waals surface area (Å²) >= 11 is 0. The molecule has 0 saturated heterocycles. The fourth-order valence-corrected chi connectivity index (χ4v) is 0.915. The van der Waals surface area contributed by atoms with Crippen LogP contribution in [-0.2, 0) is 9.63 Å². The summed E-state index contributed by atoms with van der Waals surface area (Å²) in [6.45, 7) is 6.34. The Balaban J connectivity index is 4.25. The molecule has 0 atom stereocenters. The number of hydrogen-bond acceptors (Lipinski definition) is 3. The Labute approximate surface area is 108 Å². The molecule has 0 aromatic carbocycles. The Kier molecular flexibility index (Phi) is 7.32. The standard InChI is InChI=1S/C14H17NO3/c1-5-6-7-8-9-10-11-18-15(13(2)16)12-14(3,4)17/h17H,11-12H2,1-4H3. The monoisotopic (exact) mass is 247 g/mol. The first-order valence-corrected chi connectivity index (χ1v) is 5.40. The highest BCUT2D eigenvalue weighted by Gasteiger charge is 2.20. The average molecular weight is 247 g/mol. The van der Waals surface area contributed by atoms with E-state index in [2.05, 4.69) is 35.5 Å². The zero-order valence-electron chi connectivity index (χ0n) is 11.1. The third kappa shape index (κ3) is 9.31. The quantitative estimate of drug-likeness (QED) is 0.583.